The zero-order valence-electron chi connectivity index (χ0n) is 13.4. The lowest BCUT2D eigenvalue weighted by atomic mass is 10.2. The van der Waals surface area contributed by atoms with Crippen LogP contribution < -0.4 is 15.4 Å². The van der Waals surface area contributed by atoms with Gasteiger partial charge in [-0.3, -0.25) is 9.59 Å². The molecule has 2 N–H and O–H groups in total. The number of aromatic nitrogens is 1. The van der Waals surface area contributed by atoms with Gasteiger partial charge in [0.2, 0.25) is 0 Å². The molecule has 1 heterocycles. The van der Waals surface area contributed by atoms with Crippen LogP contribution in [0.2, 0.25) is 0 Å². The highest BCUT2D eigenvalue weighted by Gasteiger charge is 2.09. The number of benzene rings is 2. The molecule has 0 fully saturated rings. The van der Waals surface area contributed by atoms with Crippen molar-refractivity contribution in [2.45, 2.75) is 0 Å². The van der Waals surface area contributed by atoms with Crippen LogP contribution in [0.3, 0.4) is 0 Å². The first-order valence-corrected chi connectivity index (χ1v) is 8.35. The number of thiazole rings is 1. The Bertz CT molecular complexity index is 877. The molecule has 0 saturated heterocycles. The van der Waals surface area contributed by atoms with E-state index in [-0.39, 0.29) is 11.8 Å². The Morgan fingerprint density at radius 1 is 1.00 bits per heavy atom. The molecule has 0 saturated carbocycles. The summed E-state index contributed by atoms with van der Waals surface area (Å²) in [4.78, 5) is 28.1. The molecule has 126 valence electrons. The van der Waals surface area contributed by atoms with Gasteiger partial charge in [0, 0.05) is 22.3 Å². The Balaban J connectivity index is 1.64. The number of nitrogens with zero attached hydrogens (tertiary/aromatic N) is 1. The smallest absolute Gasteiger partial charge is 0.275 e. The van der Waals surface area contributed by atoms with Gasteiger partial charge in [-0.1, -0.05) is 6.07 Å². The third kappa shape index (κ3) is 4.21. The van der Waals surface area contributed by atoms with Crippen LogP contribution in [0.1, 0.15) is 20.8 Å². The van der Waals surface area contributed by atoms with Gasteiger partial charge in [-0.25, -0.2) is 4.98 Å². The van der Waals surface area contributed by atoms with Crippen molar-refractivity contribution in [2.75, 3.05) is 17.7 Å². The van der Waals surface area contributed by atoms with Crippen molar-refractivity contribution in [3.8, 4) is 5.75 Å². The lowest BCUT2D eigenvalue weighted by Crippen LogP contribution is -2.13. The van der Waals surface area contributed by atoms with Crippen LogP contribution in [0, 0.1) is 0 Å². The summed E-state index contributed by atoms with van der Waals surface area (Å²) in [6, 6.07) is 13.8. The normalized spacial score (nSPS) is 10.1. The number of carbonyl (C=O) groups is 2. The molecule has 0 radical (unpaired) electrons. The predicted molar refractivity (Wildman–Crippen MR) is 97.5 cm³/mol. The average Bonchev–Trinajstić information content (AvgIpc) is 3.18. The molecule has 7 heteroatoms. The topological polar surface area (TPSA) is 80.3 Å². The Hall–Kier alpha value is -3.19. The summed E-state index contributed by atoms with van der Waals surface area (Å²) < 4.78 is 5.11. The zero-order valence-corrected chi connectivity index (χ0v) is 14.2. The van der Waals surface area contributed by atoms with E-state index in [1.807, 2.05) is 0 Å². The monoisotopic (exact) mass is 353 g/mol. The second-order valence-electron chi connectivity index (χ2n) is 5.09. The van der Waals surface area contributed by atoms with E-state index in [0.717, 1.165) is 0 Å². The Labute approximate surface area is 148 Å². The molecule has 2 aromatic carbocycles. The molecule has 0 aliphatic heterocycles. The number of amides is 2. The van der Waals surface area contributed by atoms with E-state index in [1.54, 1.807) is 66.5 Å². The fraction of sp³-hybridized carbons (Fsp3) is 0.0556. The highest BCUT2D eigenvalue weighted by molar-refractivity contribution is 7.07. The molecule has 0 aliphatic rings. The zero-order chi connectivity index (χ0) is 17.6. The summed E-state index contributed by atoms with van der Waals surface area (Å²) >= 11 is 1.36. The van der Waals surface area contributed by atoms with Crippen molar-refractivity contribution in [2.24, 2.45) is 0 Å². The molecule has 0 spiro atoms. The summed E-state index contributed by atoms with van der Waals surface area (Å²) in [5.41, 5.74) is 3.73. The molecule has 1 aromatic heterocycles. The molecule has 3 rings (SSSR count). The number of anilines is 2. The number of nitrogens with one attached hydrogen (secondary N) is 2. The molecule has 0 aliphatic carbocycles. The summed E-state index contributed by atoms with van der Waals surface area (Å²) in [5.74, 6) is 0.111. The summed E-state index contributed by atoms with van der Waals surface area (Å²) in [6.45, 7) is 0. The van der Waals surface area contributed by atoms with Crippen LogP contribution in [0.5, 0.6) is 5.75 Å². The maximum Gasteiger partial charge on any atom is 0.275 e. The Kier molecular flexibility index (Phi) is 5.06. The molecule has 3 aromatic rings. The maximum absolute atomic E-state index is 12.3. The third-order valence-corrected chi connectivity index (χ3v) is 3.98. The largest absolute Gasteiger partial charge is 0.497 e. The number of methoxy groups -OCH3 is 1. The van der Waals surface area contributed by atoms with Crippen LogP contribution in [0.4, 0.5) is 11.4 Å². The summed E-state index contributed by atoms with van der Waals surface area (Å²) in [6.07, 6.45) is 0. The van der Waals surface area contributed by atoms with E-state index in [0.29, 0.717) is 28.4 Å². The van der Waals surface area contributed by atoms with Gasteiger partial charge in [-0.2, -0.15) is 0 Å². The van der Waals surface area contributed by atoms with E-state index in [2.05, 4.69) is 15.6 Å². The standard InChI is InChI=1S/C18H15N3O3S/c1-24-15-4-2-3-12(9-15)17(22)20-13-5-7-14(8-6-13)21-18(23)16-10-25-11-19-16/h2-11H,1H3,(H,20,22)(H,21,23). The first-order valence-electron chi connectivity index (χ1n) is 7.41. The molecular weight excluding hydrogens is 338 g/mol. The van der Waals surface area contributed by atoms with Crippen molar-refractivity contribution >= 4 is 34.5 Å². The summed E-state index contributed by atoms with van der Waals surface area (Å²) in [7, 11) is 1.55. The predicted octanol–water partition coefficient (Wildman–Crippen LogP) is 3.66. The maximum atomic E-state index is 12.3. The van der Waals surface area contributed by atoms with Crippen molar-refractivity contribution in [3.05, 3.63) is 70.7 Å². The molecule has 6 nitrogen and oxygen atoms in total. The highest BCUT2D eigenvalue weighted by Crippen LogP contribution is 2.17. The lowest BCUT2D eigenvalue weighted by molar-refractivity contribution is 0.101. The van der Waals surface area contributed by atoms with Crippen LogP contribution in [-0.2, 0) is 0 Å². The van der Waals surface area contributed by atoms with Gasteiger partial charge in [-0.05, 0) is 42.5 Å². The number of carbonyl (C=O) groups excluding carboxylic acids is 2. The second kappa shape index (κ2) is 7.59. The number of hydrogen-bond acceptors (Lipinski definition) is 5. The lowest BCUT2D eigenvalue weighted by Gasteiger charge is -2.08. The van der Waals surface area contributed by atoms with Gasteiger partial charge in [-0.15, -0.1) is 11.3 Å². The van der Waals surface area contributed by atoms with E-state index in [9.17, 15) is 9.59 Å². The van der Waals surface area contributed by atoms with E-state index < -0.39 is 0 Å². The minimum absolute atomic E-state index is 0.238. The highest BCUT2D eigenvalue weighted by atomic mass is 32.1. The van der Waals surface area contributed by atoms with Gasteiger partial charge >= 0.3 is 0 Å². The van der Waals surface area contributed by atoms with Gasteiger partial charge in [0.15, 0.2) is 0 Å². The SMILES string of the molecule is COc1cccc(C(=O)Nc2ccc(NC(=O)c3cscn3)cc2)c1. The van der Waals surface area contributed by atoms with Crippen LogP contribution in [0.25, 0.3) is 0 Å². The minimum atomic E-state index is -0.269. The van der Waals surface area contributed by atoms with Gasteiger partial charge in [0.05, 0.1) is 12.6 Å². The van der Waals surface area contributed by atoms with E-state index in [1.165, 1.54) is 11.3 Å². The van der Waals surface area contributed by atoms with Gasteiger partial charge in [0.1, 0.15) is 11.4 Å². The first-order chi connectivity index (χ1) is 12.2. The second-order valence-corrected chi connectivity index (χ2v) is 5.81. The minimum Gasteiger partial charge on any atom is -0.497 e. The van der Waals surface area contributed by atoms with Crippen molar-refractivity contribution < 1.29 is 14.3 Å². The molecule has 0 atom stereocenters. The number of ether oxygens (including phenoxy) is 1. The van der Waals surface area contributed by atoms with Crippen LogP contribution in [0.15, 0.2) is 59.4 Å². The molecule has 2 amide bonds. The quantitative estimate of drug-likeness (QED) is 0.734. The van der Waals surface area contributed by atoms with Crippen LogP contribution >= 0.6 is 11.3 Å². The molecule has 0 bridgehead atoms. The molecule has 25 heavy (non-hydrogen) atoms. The van der Waals surface area contributed by atoms with Gasteiger partial charge < -0.3 is 15.4 Å². The van der Waals surface area contributed by atoms with Crippen molar-refractivity contribution in [1.82, 2.24) is 4.98 Å². The molecule has 0 unspecified atom stereocenters. The van der Waals surface area contributed by atoms with E-state index >= 15 is 0 Å². The summed E-state index contributed by atoms with van der Waals surface area (Å²) in [5, 5.41) is 7.23. The van der Waals surface area contributed by atoms with Crippen molar-refractivity contribution in [1.29, 1.82) is 0 Å². The fourth-order valence-corrected chi connectivity index (χ4v) is 2.66. The number of rotatable bonds is 5. The molecular formula is C18H15N3O3S. The van der Waals surface area contributed by atoms with Gasteiger partial charge in [0.25, 0.3) is 11.8 Å². The average molecular weight is 353 g/mol. The Morgan fingerprint density at radius 3 is 2.28 bits per heavy atom. The first kappa shape index (κ1) is 16.7. The van der Waals surface area contributed by atoms with Crippen LogP contribution in [-0.4, -0.2) is 23.9 Å². The van der Waals surface area contributed by atoms with E-state index in [4.69, 9.17) is 4.74 Å². The number of hydrogen-bond donors (Lipinski definition) is 2. The third-order valence-electron chi connectivity index (χ3n) is 3.40. The van der Waals surface area contributed by atoms with Crippen molar-refractivity contribution in [3.63, 3.8) is 0 Å². The fourth-order valence-electron chi connectivity index (χ4n) is 2.12. The Morgan fingerprint density at radius 2 is 1.68 bits per heavy atom.